The van der Waals surface area contributed by atoms with Crippen molar-refractivity contribution in [1.82, 2.24) is 5.32 Å². The van der Waals surface area contributed by atoms with Crippen molar-refractivity contribution in [2.45, 2.75) is 0 Å². The Bertz CT molecular complexity index is 760. The van der Waals surface area contributed by atoms with Crippen LogP contribution in [0.5, 0.6) is 0 Å². The molecule has 118 valence electrons. The third kappa shape index (κ3) is 4.32. The SMILES string of the molecule is C=CCNC(=S)C(=C([O-])c1ccc(Cl)c(Cl)c1)[n+]1ccccc1. The van der Waals surface area contributed by atoms with Crippen molar-refractivity contribution in [3.8, 4) is 0 Å². The summed E-state index contributed by atoms with van der Waals surface area (Å²) < 4.78 is 1.67. The molecular formula is C17H14Cl2N2OS. The standard InChI is InChI=1S/C17H14Cl2N2OS/c1-2-8-20-17(23)15(21-9-4-3-5-10-21)16(22)12-6-7-13(18)14(19)11-12/h2-7,9-11H,1,8H2,(H-,20,22,23). The number of halogens is 2. The Morgan fingerprint density at radius 2 is 1.91 bits per heavy atom. The highest BCUT2D eigenvalue weighted by atomic mass is 35.5. The molecule has 2 rings (SSSR count). The molecule has 0 radical (unpaired) electrons. The Kier molecular flexibility index (Phi) is 6.16. The Morgan fingerprint density at radius 1 is 1.22 bits per heavy atom. The van der Waals surface area contributed by atoms with Gasteiger partial charge in [0.05, 0.1) is 10.0 Å². The number of nitrogens with one attached hydrogen (secondary N) is 1. The minimum atomic E-state index is -0.249. The predicted molar refractivity (Wildman–Crippen MR) is 97.0 cm³/mol. The van der Waals surface area contributed by atoms with E-state index in [-0.39, 0.29) is 5.76 Å². The average Bonchev–Trinajstić information content (AvgIpc) is 2.56. The van der Waals surface area contributed by atoms with Gasteiger partial charge < -0.3 is 10.4 Å². The fraction of sp³-hybridized carbons (Fsp3) is 0.0588. The molecule has 0 saturated carbocycles. The molecule has 0 fully saturated rings. The van der Waals surface area contributed by atoms with Gasteiger partial charge in [0.2, 0.25) is 5.70 Å². The second kappa shape index (κ2) is 8.11. The van der Waals surface area contributed by atoms with Gasteiger partial charge in [-0.2, -0.15) is 4.57 Å². The highest BCUT2D eigenvalue weighted by molar-refractivity contribution is 7.81. The van der Waals surface area contributed by atoms with Crippen molar-refractivity contribution < 1.29 is 9.67 Å². The van der Waals surface area contributed by atoms with Crippen molar-refractivity contribution in [2.75, 3.05) is 6.54 Å². The van der Waals surface area contributed by atoms with Crippen LogP contribution < -0.4 is 15.0 Å². The van der Waals surface area contributed by atoms with E-state index in [1.165, 1.54) is 6.07 Å². The molecule has 0 aliphatic carbocycles. The quantitative estimate of drug-likeness (QED) is 0.291. The van der Waals surface area contributed by atoms with E-state index >= 15 is 0 Å². The summed E-state index contributed by atoms with van der Waals surface area (Å²) in [6, 6.07) is 10.2. The van der Waals surface area contributed by atoms with Crippen LogP contribution in [0.4, 0.5) is 0 Å². The maximum absolute atomic E-state index is 12.9. The van der Waals surface area contributed by atoms with Gasteiger partial charge in [-0.3, -0.25) is 0 Å². The number of benzene rings is 1. The summed E-state index contributed by atoms with van der Waals surface area (Å²) in [6.07, 6.45) is 5.18. The number of nitrogens with zero attached hydrogens (tertiary/aromatic N) is 1. The second-order valence-corrected chi connectivity index (χ2v) is 5.81. The first kappa shape index (κ1) is 17.5. The molecular weight excluding hydrogens is 351 g/mol. The van der Waals surface area contributed by atoms with E-state index in [1.807, 2.05) is 18.2 Å². The van der Waals surface area contributed by atoms with E-state index < -0.39 is 0 Å². The minimum absolute atomic E-state index is 0.249. The van der Waals surface area contributed by atoms with Gasteiger partial charge in [0.25, 0.3) is 0 Å². The van der Waals surface area contributed by atoms with Crippen molar-refractivity contribution >= 4 is 51.9 Å². The highest BCUT2D eigenvalue weighted by Crippen LogP contribution is 2.25. The van der Waals surface area contributed by atoms with Gasteiger partial charge in [-0.15, -0.1) is 6.58 Å². The largest absolute Gasteiger partial charge is 0.867 e. The lowest BCUT2D eigenvalue weighted by Gasteiger charge is -2.17. The summed E-state index contributed by atoms with van der Waals surface area (Å²) in [5, 5.41) is 16.6. The van der Waals surface area contributed by atoms with Gasteiger partial charge in [0.1, 0.15) is 0 Å². The number of rotatable bonds is 5. The molecule has 1 heterocycles. The first-order chi connectivity index (χ1) is 11.0. The number of thiocarbonyl (C=S) groups is 1. The fourth-order valence-electron chi connectivity index (χ4n) is 1.91. The zero-order valence-electron chi connectivity index (χ0n) is 12.1. The first-order valence-corrected chi connectivity index (χ1v) is 7.93. The van der Waals surface area contributed by atoms with Gasteiger partial charge in [0.15, 0.2) is 17.4 Å². The van der Waals surface area contributed by atoms with Gasteiger partial charge in [-0.1, -0.05) is 53.6 Å². The Labute approximate surface area is 150 Å². The third-order valence-corrected chi connectivity index (χ3v) is 4.07. The smallest absolute Gasteiger partial charge is 0.237 e. The normalized spacial score (nSPS) is 11.6. The average molecular weight is 365 g/mol. The monoisotopic (exact) mass is 364 g/mol. The molecule has 0 saturated heterocycles. The predicted octanol–water partition coefficient (Wildman–Crippen LogP) is 3.07. The molecule has 1 aromatic heterocycles. The molecule has 2 aromatic rings. The molecule has 0 aliphatic heterocycles. The molecule has 3 nitrogen and oxygen atoms in total. The van der Waals surface area contributed by atoms with E-state index in [1.54, 1.807) is 35.2 Å². The summed E-state index contributed by atoms with van der Waals surface area (Å²) >= 11 is 17.3. The molecule has 6 heteroatoms. The topological polar surface area (TPSA) is 39.0 Å². The third-order valence-electron chi connectivity index (χ3n) is 2.99. The second-order valence-electron chi connectivity index (χ2n) is 4.59. The molecule has 0 amide bonds. The van der Waals surface area contributed by atoms with Gasteiger partial charge in [-0.05, 0) is 23.5 Å². The van der Waals surface area contributed by atoms with Crippen LogP contribution in [0.2, 0.25) is 10.0 Å². The van der Waals surface area contributed by atoms with Crippen LogP contribution in [0.3, 0.4) is 0 Å². The minimum Gasteiger partial charge on any atom is -0.867 e. The highest BCUT2D eigenvalue weighted by Gasteiger charge is 2.18. The number of aromatic nitrogens is 1. The number of hydrogen-bond acceptors (Lipinski definition) is 2. The molecule has 0 bridgehead atoms. The maximum Gasteiger partial charge on any atom is 0.237 e. The Morgan fingerprint density at radius 3 is 2.52 bits per heavy atom. The maximum atomic E-state index is 12.9. The van der Waals surface area contributed by atoms with Crippen molar-refractivity contribution in [3.63, 3.8) is 0 Å². The van der Waals surface area contributed by atoms with Crippen LogP contribution in [0.25, 0.3) is 11.5 Å². The summed E-state index contributed by atoms with van der Waals surface area (Å²) in [7, 11) is 0. The lowest BCUT2D eigenvalue weighted by Crippen LogP contribution is -2.42. The van der Waals surface area contributed by atoms with E-state index in [0.29, 0.717) is 32.8 Å². The van der Waals surface area contributed by atoms with Crippen LogP contribution in [0, 0.1) is 0 Å². The Hall–Kier alpha value is -1.88. The molecule has 1 aromatic carbocycles. The van der Waals surface area contributed by atoms with E-state index in [0.717, 1.165) is 0 Å². The van der Waals surface area contributed by atoms with Crippen molar-refractivity contribution in [1.29, 1.82) is 0 Å². The lowest BCUT2D eigenvalue weighted by molar-refractivity contribution is -0.577. The van der Waals surface area contributed by atoms with Gasteiger partial charge in [-0.25, -0.2) is 0 Å². The van der Waals surface area contributed by atoms with E-state index in [2.05, 4.69) is 11.9 Å². The van der Waals surface area contributed by atoms with E-state index in [4.69, 9.17) is 35.4 Å². The molecule has 23 heavy (non-hydrogen) atoms. The van der Waals surface area contributed by atoms with Crippen molar-refractivity contribution in [3.05, 3.63) is 77.1 Å². The summed E-state index contributed by atoms with van der Waals surface area (Å²) in [5.41, 5.74) is 0.745. The zero-order valence-corrected chi connectivity index (χ0v) is 14.5. The molecule has 0 unspecified atom stereocenters. The summed E-state index contributed by atoms with van der Waals surface area (Å²) in [5.74, 6) is -0.249. The van der Waals surface area contributed by atoms with Crippen LogP contribution in [0.1, 0.15) is 5.56 Å². The van der Waals surface area contributed by atoms with Crippen LogP contribution >= 0.6 is 35.4 Å². The first-order valence-electron chi connectivity index (χ1n) is 6.77. The lowest BCUT2D eigenvalue weighted by atomic mass is 10.1. The van der Waals surface area contributed by atoms with Crippen LogP contribution in [-0.4, -0.2) is 11.5 Å². The summed E-state index contributed by atoms with van der Waals surface area (Å²) in [4.78, 5) is 0.331. The molecule has 0 spiro atoms. The summed E-state index contributed by atoms with van der Waals surface area (Å²) in [6.45, 7) is 4.10. The van der Waals surface area contributed by atoms with Crippen LogP contribution in [0.15, 0.2) is 61.4 Å². The zero-order chi connectivity index (χ0) is 16.8. The molecule has 0 aliphatic rings. The van der Waals surface area contributed by atoms with Gasteiger partial charge >= 0.3 is 0 Å². The van der Waals surface area contributed by atoms with E-state index in [9.17, 15) is 5.11 Å². The van der Waals surface area contributed by atoms with Crippen molar-refractivity contribution in [2.24, 2.45) is 0 Å². The fourth-order valence-corrected chi connectivity index (χ4v) is 2.49. The molecule has 0 atom stereocenters. The van der Waals surface area contributed by atoms with Gasteiger partial charge in [0, 0.05) is 18.7 Å². The number of pyridine rings is 1. The Balaban J connectivity index is 2.56. The van der Waals surface area contributed by atoms with Crippen LogP contribution in [-0.2, 0) is 0 Å². The molecule has 1 N–H and O–H groups in total. The number of hydrogen-bond donors (Lipinski definition) is 1.